The van der Waals surface area contributed by atoms with Crippen LogP contribution in [0.1, 0.15) is 11.1 Å². The smallest absolute Gasteiger partial charge is 0.541 e. The van der Waals surface area contributed by atoms with Gasteiger partial charge in [0.2, 0.25) is 0 Å². The SMILES string of the molecule is Cc1ccc(S(=O)(=O)[N-]Cc2ccccc2)cc1.[K+]. The Morgan fingerprint density at radius 2 is 1.53 bits per heavy atom. The fourth-order valence-corrected chi connectivity index (χ4v) is 2.48. The predicted molar refractivity (Wildman–Crippen MR) is 71.9 cm³/mol. The van der Waals surface area contributed by atoms with Crippen molar-refractivity contribution in [3.63, 3.8) is 0 Å². The minimum Gasteiger partial charge on any atom is -0.541 e. The van der Waals surface area contributed by atoms with Crippen LogP contribution in [-0.2, 0) is 16.6 Å². The van der Waals surface area contributed by atoms with Crippen LogP contribution in [0.5, 0.6) is 0 Å². The van der Waals surface area contributed by atoms with Crippen LogP contribution in [0.2, 0.25) is 0 Å². The monoisotopic (exact) mass is 299 g/mol. The van der Waals surface area contributed by atoms with E-state index in [1.54, 1.807) is 24.3 Å². The van der Waals surface area contributed by atoms with Crippen LogP contribution in [0.3, 0.4) is 0 Å². The normalized spacial score (nSPS) is 10.8. The summed E-state index contributed by atoms with van der Waals surface area (Å²) < 4.78 is 27.7. The van der Waals surface area contributed by atoms with Crippen molar-refractivity contribution in [3.8, 4) is 0 Å². The molecule has 0 radical (unpaired) electrons. The Hall–Kier alpha value is -0.0136. The van der Waals surface area contributed by atoms with E-state index in [1.807, 2.05) is 37.3 Å². The first-order valence-corrected chi connectivity index (χ1v) is 7.06. The van der Waals surface area contributed by atoms with Crippen molar-refractivity contribution < 1.29 is 59.8 Å². The van der Waals surface area contributed by atoms with Gasteiger partial charge in [-0.15, -0.1) is 6.54 Å². The van der Waals surface area contributed by atoms with E-state index in [9.17, 15) is 8.42 Å². The molecular weight excluding hydrogens is 285 g/mol. The van der Waals surface area contributed by atoms with E-state index in [2.05, 4.69) is 4.72 Å². The van der Waals surface area contributed by atoms with Gasteiger partial charge in [0.05, 0.1) is 0 Å². The molecule has 0 amide bonds. The standard InChI is InChI=1S/C14H14NO2S.K/c1-12-7-9-14(10-8-12)18(16,17)15-11-13-5-3-2-4-6-13;/h2-10H,11H2,1H3;/q-1;+1. The maximum absolute atomic E-state index is 12.0. The molecule has 0 fully saturated rings. The van der Waals surface area contributed by atoms with Crippen molar-refractivity contribution in [2.75, 3.05) is 0 Å². The Morgan fingerprint density at radius 3 is 2.11 bits per heavy atom. The largest absolute Gasteiger partial charge is 1.00 e. The van der Waals surface area contributed by atoms with Gasteiger partial charge in [-0.25, -0.2) is 8.42 Å². The van der Waals surface area contributed by atoms with Crippen molar-refractivity contribution in [1.82, 2.24) is 0 Å². The van der Waals surface area contributed by atoms with Gasteiger partial charge in [0, 0.05) is 4.90 Å². The second kappa shape index (κ2) is 7.69. The van der Waals surface area contributed by atoms with Crippen molar-refractivity contribution in [2.45, 2.75) is 18.4 Å². The molecule has 94 valence electrons. The third-order valence-electron chi connectivity index (χ3n) is 2.58. The van der Waals surface area contributed by atoms with Crippen LogP contribution in [0.15, 0.2) is 59.5 Å². The second-order valence-corrected chi connectivity index (χ2v) is 5.74. The first-order valence-electron chi connectivity index (χ1n) is 5.62. The minimum atomic E-state index is -3.55. The molecule has 2 aromatic rings. The number of aryl methyl sites for hydroxylation is 1. The fraction of sp³-hybridized carbons (Fsp3) is 0.143. The maximum atomic E-state index is 12.0. The molecule has 0 spiro atoms. The molecule has 0 atom stereocenters. The molecule has 2 rings (SSSR count). The zero-order chi connectivity index (χ0) is 13.0. The second-order valence-electron chi connectivity index (χ2n) is 4.06. The summed E-state index contributed by atoms with van der Waals surface area (Å²) in [6.07, 6.45) is 0. The first kappa shape index (κ1) is 17.0. The van der Waals surface area contributed by atoms with Gasteiger partial charge < -0.3 is 4.72 Å². The third-order valence-corrected chi connectivity index (χ3v) is 3.92. The number of sulfonamides is 1. The van der Waals surface area contributed by atoms with E-state index in [0.717, 1.165) is 11.1 Å². The number of benzene rings is 2. The topological polar surface area (TPSA) is 48.2 Å². The molecule has 2 aromatic carbocycles. The molecule has 19 heavy (non-hydrogen) atoms. The summed E-state index contributed by atoms with van der Waals surface area (Å²) >= 11 is 0. The number of hydrogen-bond donors (Lipinski definition) is 0. The van der Waals surface area contributed by atoms with Crippen LogP contribution in [0, 0.1) is 6.92 Å². The van der Waals surface area contributed by atoms with E-state index in [1.165, 1.54) is 0 Å². The molecule has 0 aliphatic carbocycles. The summed E-state index contributed by atoms with van der Waals surface area (Å²) in [6, 6.07) is 16.0. The average molecular weight is 299 g/mol. The van der Waals surface area contributed by atoms with Gasteiger partial charge in [-0.1, -0.05) is 53.6 Å². The van der Waals surface area contributed by atoms with E-state index in [4.69, 9.17) is 0 Å². The molecule has 0 saturated heterocycles. The maximum Gasteiger partial charge on any atom is 1.00 e. The fourth-order valence-electron chi connectivity index (χ4n) is 1.53. The minimum absolute atomic E-state index is 0. The molecule has 0 aromatic heterocycles. The molecule has 0 N–H and O–H groups in total. The Balaban J connectivity index is 0.00000180. The number of hydrogen-bond acceptors (Lipinski definition) is 2. The molecule has 0 saturated carbocycles. The molecule has 0 aliphatic rings. The third kappa shape index (κ3) is 5.11. The molecule has 0 bridgehead atoms. The van der Waals surface area contributed by atoms with Crippen LogP contribution in [0.25, 0.3) is 4.72 Å². The molecule has 0 heterocycles. The Morgan fingerprint density at radius 1 is 0.947 bits per heavy atom. The van der Waals surface area contributed by atoms with E-state index in [-0.39, 0.29) is 62.8 Å². The Bertz CT molecular complexity index is 610. The van der Waals surface area contributed by atoms with Gasteiger partial charge in [0.1, 0.15) is 10.0 Å². The first-order chi connectivity index (χ1) is 8.58. The number of nitrogens with zero attached hydrogens (tertiary/aromatic N) is 1. The van der Waals surface area contributed by atoms with E-state index >= 15 is 0 Å². The molecule has 0 aliphatic heterocycles. The summed E-state index contributed by atoms with van der Waals surface area (Å²) in [4.78, 5) is 0.240. The van der Waals surface area contributed by atoms with Crippen molar-refractivity contribution in [2.24, 2.45) is 0 Å². The van der Waals surface area contributed by atoms with Gasteiger partial charge in [-0.05, 0) is 19.1 Å². The summed E-state index contributed by atoms with van der Waals surface area (Å²) in [5.41, 5.74) is 1.91. The summed E-state index contributed by atoms with van der Waals surface area (Å²) in [5, 5.41) is 0. The van der Waals surface area contributed by atoms with Gasteiger partial charge in [0.15, 0.2) is 0 Å². The molecule has 3 nitrogen and oxygen atoms in total. The van der Waals surface area contributed by atoms with Crippen LogP contribution < -0.4 is 51.4 Å². The molecule has 5 heteroatoms. The summed E-state index contributed by atoms with van der Waals surface area (Å²) in [7, 11) is -3.55. The predicted octanol–water partition coefficient (Wildman–Crippen LogP) is 0.262. The van der Waals surface area contributed by atoms with Gasteiger partial charge in [0.25, 0.3) is 0 Å². The zero-order valence-corrected chi connectivity index (χ0v) is 15.0. The van der Waals surface area contributed by atoms with E-state index in [0.29, 0.717) is 0 Å². The Kier molecular flexibility index (Phi) is 6.89. The van der Waals surface area contributed by atoms with Gasteiger partial charge >= 0.3 is 51.4 Å². The molecular formula is C14H14KNO2S. The van der Waals surface area contributed by atoms with Crippen LogP contribution in [0.4, 0.5) is 0 Å². The summed E-state index contributed by atoms with van der Waals surface area (Å²) in [6.45, 7) is 2.09. The van der Waals surface area contributed by atoms with Crippen molar-refractivity contribution >= 4 is 10.0 Å². The van der Waals surface area contributed by atoms with Crippen molar-refractivity contribution in [1.29, 1.82) is 0 Å². The quantitative estimate of drug-likeness (QED) is 0.761. The summed E-state index contributed by atoms with van der Waals surface area (Å²) in [5.74, 6) is 0. The van der Waals surface area contributed by atoms with Crippen LogP contribution >= 0.6 is 0 Å². The zero-order valence-electron chi connectivity index (χ0n) is 11.1. The average Bonchev–Trinajstić information content (AvgIpc) is 2.38. The molecule has 0 unspecified atom stereocenters. The number of rotatable bonds is 4. The van der Waals surface area contributed by atoms with Crippen LogP contribution in [-0.4, -0.2) is 8.42 Å². The van der Waals surface area contributed by atoms with Crippen molar-refractivity contribution in [3.05, 3.63) is 70.4 Å². The van der Waals surface area contributed by atoms with E-state index < -0.39 is 10.0 Å². The van der Waals surface area contributed by atoms with Gasteiger partial charge in [-0.2, -0.15) is 0 Å². The Labute approximate surface area is 156 Å². The van der Waals surface area contributed by atoms with Gasteiger partial charge in [-0.3, -0.25) is 0 Å².